The van der Waals surface area contributed by atoms with Crippen LogP contribution in [0.25, 0.3) is 22.9 Å². The van der Waals surface area contributed by atoms with Crippen molar-refractivity contribution in [2.45, 2.75) is 4.90 Å². The highest BCUT2D eigenvalue weighted by Gasteiger charge is 2.13. The smallest absolute Gasteiger partial charge is 0.169 e. The number of nitrogens with zero attached hydrogens (tertiary/aromatic N) is 3. The largest absolute Gasteiger partial charge is 0.744 e. The van der Waals surface area contributed by atoms with E-state index in [1.54, 1.807) is 18.2 Å². The molecule has 3 aromatic carbocycles. The zero-order valence-corrected chi connectivity index (χ0v) is 21.4. The summed E-state index contributed by atoms with van der Waals surface area (Å²) >= 11 is 0. The number of benzene rings is 3. The summed E-state index contributed by atoms with van der Waals surface area (Å²) in [6.07, 6.45) is 8.46. The van der Waals surface area contributed by atoms with Gasteiger partial charge in [0.15, 0.2) is 12.4 Å². The van der Waals surface area contributed by atoms with Crippen LogP contribution in [0.4, 0.5) is 5.69 Å². The maximum atomic E-state index is 10.7. The van der Waals surface area contributed by atoms with Gasteiger partial charge in [-0.2, -0.15) is 0 Å². The van der Waals surface area contributed by atoms with Crippen molar-refractivity contribution in [3.05, 3.63) is 102 Å². The van der Waals surface area contributed by atoms with Gasteiger partial charge in [0.2, 0.25) is 0 Å². The van der Waals surface area contributed by atoms with E-state index >= 15 is 0 Å². The molecular formula is C29H31N3O3S. The van der Waals surface area contributed by atoms with Crippen LogP contribution < -0.4 is 9.47 Å². The molecule has 0 bridgehead atoms. The number of pyridine rings is 1. The third-order valence-electron chi connectivity index (χ3n) is 6.24. The Labute approximate surface area is 213 Å². The van der Waals surface area contributed by atoms with Crippen molar-refractivity contribution in [1.29, 1.82) is 0 Å². The lowest BCUT2D eigenvalue weighted by atomic mass is 10.1. The predicted octanol–water partition coefficient (Wildman–Crippen LogP) is 4.18. The van der Waals surface area contributed by atoms with E-state index in [9.17, 15) is 13.0 Å². The Morgan fingerprint density at radius 1 is 0.778 bits per heavy atom. The second-order valence-electron chi connectivity index (χ2n) is 8.98. The molecule has 0 spiro atoms. The van der Waals surface area contributed by atoms with Gasteiger partial charge >= 0.3 is 0 Å². The zero-order chi connectivity index (χ0) is 25.5. The van der Waals surface area contributed by atoms with Crippen molar-refractivity contribution in [2.24, 2.45) is 7.05 Å². The third-order valence-corrected chi connectivity index (χ3v) is 7.07. The second kappa shape index (κ2) is 11.5. The molecule has 7 heteroatoms. The van der Waals surface area contributed by atoms with Crippen molar-refractivity contribution >= 4 is 38.7 Å². The van der Waals surface area contributed by atoms with Crippen LogP contribution in [0.5, 0.6) is 0 Å². The molecule has 0 radical (unpaired) electrons. The van der Waals surface area contributed by atoms with Gasteiger partial charge in [0.25, 0.3) is 0 Å². The number of rotatable bonds is 4. The van der Waals surface area contributed by atoms with Gasteiger partial charge < -0.3 is 14.4 Å². The van der Waals surface area contributed by atoms with Crippen LogP contribution in [0.1, 0.15) is 11.1 Å². The molecule has 1 fully saturated rings. The van der Waals surface area contributed by atoms with Gasteiger partial charge in [0.1, 0.15) is 17.2 Å². The first-order valence-corrected chi connectivity index (χ1v) is 13.3. The molecule has 4 aromatic rings. The van der Waals surface area contributed by atoms with E-state index in [1.807, 2.05) is 23.7 Å². The molecule has 1 aliphatic rings. The number of fused-ring (bicyclic) bond motifs is 1. The topological polar surface area (TPSA) is 67.6 Å². The molecule has 1 aliphatic heterocycles. The fourth-order valence-corrected chi connectivity index (χ4v) is 4.51. The molecule has 0 N–H and O–H groups in total. The Morgan fingerprint density at radius 2 is 1.36 bits per heavy atom. The lowest BCUT2D eigenvalue weighted by Gasteiger charge is -2.34. The van der Waals surface area contributed by atoms with E-state index in [0.29, 0.717) is 0 Å². The minimum absolute atomic E-state index is 0.184. The number of hydrogen-bond donors (Lipinski definition) is 0. The average Bonchev–Trinajstić information content (AvgIpc) is 2.89. The van der Waals surface area contributed by atoms with Gasteiger partial charge in [0, 0.05) is 44.0 Å². The molecule has 186 valence electrons. The highest BCUT2D eigenvalue weighted by Crippen LogP contribution is 2.19. The number of anilines is 1. The van der Waals surface area contributed by atoms with Crippen molar-refractivity contribution < 1.29 is 17.5 Å². The third kappa shape index (κ3) is 7.01. The van der Waals surface area contributed by atoms with Gasteiger partial charge in [-0.15, -0.1) is 0 Å². The zero-order valence-electron chi connectivity index (χ0n) is 20.6. The molecule has 5 rings (SSSR count). The highest BCUT2D eigenvalue weighted by atomic mass is 32.2. The van der Waals surface area contributed by atoms with Crippen LogP contribution in [0.15, 0.2) is 96.2 Å². The fourth-order valence-electron chi connectivity index (χ4n) is 4.00. The van der Waals surface area contributed by atoms with Gasteiger partial charge in [0.05, 0.1) is 4.90 Å². The van der Waals surface area contributed by atoms with Gasteiger partial charge in [-0.3, -0.25) is 0 Å². The van der Waals surface area contributed by atoms with Crippen LogP contribution >= 0.6 is 0 Å². The molecule has 36 heavy (non-hydrogen) atoms. The molecule has 0 unspecified atom stereocenters. The van der Waals surface area contributed by atoms with E-state index < -0.39 is 10.1 Å². The lowest BCUT2D eigenvalue weighted by Crippen LogP contribution is -2.44. The van der Waals surface area contributed by atoms with Crippen LogP contribution in [0.3, 0.4) is 0 Å². The first-order chi connectivity index (χ1) is 17.3. The minimum Gasteiger partial charge on any atom is -0.744 e. The Kier molecular flexibility index (Phi) is 8.15. The first-order valence-electron chi connectivity index (χ1n) is 11.9. The van der Waals surface area contributed by atoms with Crippen LogP contribution in [0.2, 0.25) is 0 Å². The summed E-state index contributed by atoms with van der Waals surface area (Å²) in [6.45, 7) is 4.53. The molecule has 0 aliphatic carbocycles. The van der Waals surface area contributed by atoms with E-state index in [0.717, 1.165) is 37.0 Å². The Hall–Kier alpha value is -3.52. The molecule has 6 nitrogen and oxygen atoms in total. The standard InChI is InChI=1S/C19H24N3.C10H8O3S/c1-20-11-9-18(10-12-20)4-3-17-5-7-19(8-6-17)22-15-13-21(2)14-16-22;11-14(12,13)10-6-5-8-3-1-2-4-9(8)7-10/h3-12H,13-16H2,1-2H3;1-7H,(H,11,12,13)/q+1;/p-1. The normalized spacial score (nSPS) is 14.6. The minimum atomic E-state index is -4.34. The lowest BCUT2D eigenvalue weighted by molar-refractivity contribution is -0.671. The van der Waals surface area contributed by atoms with E-state index in [-0.39, 0.29) is 4.90 Å². The maximum absolute atomic E-state index is 10.7. The van der Waals surface area contributed by atoms with Crippen molar-refractivity contribution in [2.75, 3.05) is 38.1 Å². The molecule has 0 saturated carbocycles. The molecule has 1 aromatic heterocycles. The summed E-state index contributed by atoms with van der Waals surface area (Å²) in [6, 6.07) is 24.7. The Morgan fingerprint density at radius 3 is 1.97 bits per heavy atom. The van der Waals surface area contributed by atoms with Crippen molar-refractivity contribution in [3.63, 3.8) is 0 Å². The molecule has 1 saturated heterocycles. The van der Waals surface area contributed by atoms with Crippen LogP contribution in [-0.4, -0.2) is 51.1 Å². The van der Waals surface area contributed by atoms with E-state index in [1.165, 1.54) is 28.9 Å². The monoisotopic (exact) mass is 501 g/mol. The van der Waals surface area contributed by atoms with Crippen LogP contribution in [-0.2, 0) is 17.2 Å². The first kappa shape index (κ1) is 25.6. The number of aryl methyl sites for hydroxylation is 1. The number of hydrogen-bond acceptors (Lipinski definition) is 5. The quantitative estimate of drug-likeness (QED) is 0.310. The van der Waals surface area contributed by atoms with Crippen LogP contribution in [0, 0.1) is 0 Å². The predicted molar refractivity (Wildman–Crippen MR) is 145 cm³/mol. The molecular weight excluding hydrogens is 470 g/mol. The Balaban J connectivity index is 0.000000187. The maximum Gasteiger partial charge on any atom is 0.169 e. The highest BCUT2D eigenvalue weighted by molar-refractivity contribution is 7.85. The van der Waals surface area contributed by atoms with Gasteiger partial charge in [-0.05, 0) is 53.2 Å². The van der Waals surface area contributed by atoms with Gasteiger partial charge in [-0.1, -0.05) is 54.6 Å². The summed E-state index contributed by atoms with van der Waals surface area (Å²) in [5.41, 5.74) is 3.80. The fraction of sp³-hybridized carbons (Fsp3) is 0.207. The summed E-state index contributed by atoms with van der Waals surface area (Å²) in [4.78, 5) is 4.66. The molecule has 0 atom stereocenters. The molecule has 2 heterocycles. The SMILES string of the molecule is CN1CCN(c2ccc(C=Cc3cc[n+](C)cc3)cc2)CC1.O=S(=O)([O-])c1ccc2ccccc2c1. The van der Waals surface area contributed by atoms with Crippen molar-refractivity contribution in [3.8, 4) is 0 Å². The van der Waals surface area contributed by atoms with E-state index in [4.69, 9.17) is 0 Å². The Bertz CT molecular complexity index is 1430. The summed E-state index contributed by atoms with van der Waals surface area (Å²) in [5.74, 6) is 0. The molecule has 0 amide bonds. The number of likely N-dealkylation sites (N-methyl/N-ethyl adjacent to an activating group) is 1. The number of aromatic nitrogens is 1. The second-order valence-corrected chi connectivity index (χ2v) is 10.4. The summed E-state index contributed by atoms with van der Waals surface area (Å²) in [7, 11) is -0.123. The number of piperazine rings is 1. The van der Waals surface area contributed by atoms with Crippen molar-refractivity contribution in [1.82, 2.24) is 4.90 Å². The summed E-state index contributed by atoms with van der Waals surface area (Å²) < 4.78 is 34.2. The summed E-state index contributed by atoms with van der Waals surface area (Å²) in [5, 5.41) is 1.67. The van der Waals surface area contributed by atoms with Gasteiger partial charge in [-0.25, -0.2) is 13.0 Å². The van der Waals surface area contributed by atoms with E-state index in [2.05, 4.69) is 77.8 Å². The average molecular weight is 502 g/mol.